The molecule has 8 heteroatoms. The normalized spacial score (nSPS) is 10.9. The van der Waals surface area contributed by atoms with Crippen molar-refractivity contribution in [1.29, 1.82) is 0 Å². The summed E-state index contributed by atoms with van der Waals surface area (Å²) in [6.07, 6.45) is 3.88. The van der Waals surface area contributed by atoms with Gasteiger partial charge in [-0.2, -0.15) is 4.98 Å². The minimum Gasteiger partial charge on any atom is -0.495 e. The van der Waals surface area contributed by atoms with Crippen LogP contribution in [0.3, 0.4) is 0 Å². The summed E-state index contributed by atoms with van der Waals surface area (Å²) < 4.78 is 5.36. The summed E-state index contributed by atoms with van der Waals surface area (Å²) in [5.41, 5.74) is 21.3. The lowest BCUT2D eigenvalue weighted by molar-refractivity contribution is 0.367. The Kier molecular flexibility index (Phi) is 9.04. The van der Waals surface area contributed by atoms with Crippen molar-refractivity contribution in [2.45, 2.75) is 47.1 Å². The number of allylic oxidation sites excluding steroid dienone is 1. The van der Waals surface area contributed by atoms with Crippen molar-refractivity contribution in [2.24, 2.45) is 5.84 Å². The standard InChI is InChI=1S/C17H25N7O.C3H8/c1-4-5-13(25-3)15-14(19)16(23-17(20)22-15)24(21)9-11-6-7-12(18)10(2)8-11;1-3-2/h5-8H,4,9,18-19,21H2,1-3H3,(H2,20,22,23);3H2,1-2H3/b13-5-;. The maximum atomic E-state index is 6.22. The molecule has 0 bridgehead atoms. The molecular weight excluding hydrogens is 354 g/mol. The van der Waals surface area contributed by atoms with Crippen molar-refractivity contribution in [2.75, 3.05) is 29.3 Å². The Labute approximate surface area is 167 Å². The van der Waals surface area contributed by atoms with E-state index >= 15 is 0 Å². The number of hydrazine groups is 1. The average Bonchev–Trinajstić information content (AvgIpc) is 2.65. The van der Waals surface area contributed by atoms with Crippen molar-refractivity contribution in [3.63, 3.8) is 0 Å². The van der Waals surface area contributed by atoms with Crippen molar-refractivity contribution < 1.29 is 4.74 Å². The summed E-state index contributed by atoms with van der Waals surface area (Å²) in [6, 6.07) is 5.71. The van der Waals surface area contributed by atoms with E-state index in [9.17, 15) is 0 Å². The van der Waals surface area contributed by atoms with Gasteiger partial charge in [0.15, 0.2) is 5.82 Å². The molecule has 2 rings (SSSR count). The van der Waals surface area contributed by atoms with E-state index in [0.29, 0.717) is 29.5 Å². The van der Waals surface area contributed by atoms with Crippen LogP contribution in [0.4, 0.5) is 23.1 Å². The van der Waals surface area contributed by atoms with E-state index in [1.807, 2.05) is 38.1 Å². The van der Waals surface area contributed by atoms with Crippen LogP contribution in [-0.4, -0.2) is 17.1 Å². The summed E-state index contributed by atoms with van der Waals surface area (Å²) in [6.45, 7) is 8.57. The second kappa shape index (κ2) is 11.0. The fourth-order valence-electron chi connectivity index (χ4n) is 2.45. The Bertz CT molecular complexity index is 805. The van der Waals surface area contributed by atoms with Crippen LogP contribution in [0.5, 0.6) is 0 Å². The molecule has 0 fully saturated rings. The molecule has 2 aromatic rings. The molecular formula is C20H33N7O. The van der Waals surface area contributed by atoms with E-state index in [2.05, 4.69) is 23.8 Å². The summed E-state index contributed by atoms with van der Waals surface area (Å²) in [5.74, 6) is 7.13. The van der Waals surface area contributed by atoms with Crippen LogP contribution in [0.1, 0.15) is 50.4 Å². The third kappa shape index (κ3) is 6.02. The number of nitrogens with zero attached hydrogens (tertiary/aromatic N) is 3. The van der Waals surface area contributed by atoms with Gasteiger partial charge in [0.1, 0.15) is 17.1 Å². The predicted molar refractivity (Wildman–Crippen MR) is 118 cm³/mol. The summed E-state index contributed by atoms with van der Waals surface area (Å²) in [5, 5.41) is 1.43. The first-order valence-electron chi connectivity index (χ1n) is 9.33. The first-order valence-corrected chi connectivity index (χ1v) is 9.33. The highest BCUT2D eigenvalue weighted by Crippen LogP contribution is 2.29. The van der Waals surface area contributed by atoms with E-state index < -0.39 is 0 Å². The van der Waals surface area contributed by atoms with E-state index in [-0.39, 0.29) is 5.95 Å². The molecule has 0 aliphatic heterocycles. The van der Waals surface area contributed by atoms with E-state index in [1.54, 1.807) is 7.11 Å². The topological polar surface area (TPSA) is 142 Å². The van der Waals surface area contributed by atoms with Gasteiger partial charge in [0.05, 0.1) is 13.7 Å². The molecule has 0 amide bonds. The minimum absolute atomic E-state index is 0.0715. The number of methoxy groups -OCH3 is 1. The zero-order chi connectivity index (χ0) is 21.3. The fourth-order valence-corrected chi connectivity index (χ4v) is 2.45. The van der Waals surface area contributed by atoms with Crippen molar-refractivity contribution >= 4 is 28.9 Å². The van der Waals surface area contributed by atoms with Crippen molar-refractivity contribution in [3.05, 3.63) is 41.1 Å². The third-order valence-electron chi connectivity index (χ3n) is 3.74. The molecule has 0 unspecified atom stereocenters. The molecule has 8 N–H and O–H groups in total. The molecule has 0 spiro atoms. The molecule has 0 saturated carbocycles. The van der Waals surface area contributed by atoms with Gasteiger partial charge in [0.2, 0.25) is 5.95 Å². The Morgan fingerprint density at radius 3 is 2.32 bits per heavy atom. The highest BCUT2D eigenvalue weighted by molar-refractivity contribution is 5.77. The molecule has 28 heavy (non-hydrogen) atoms. The molecule has 8 nitrogen and oxygen atoms in total. The van der Waals surface area contributed by atoms with Crippen LogP contribution in [0.2, 0.25) is 0 Å². The van der Waals surface area contributed by atoms with Gasteiger partial charge in [-0.1, -0.05) is 39.3 Å². The monoisotopic (exact) mass is 387 g/mol. The van der Waals surface area contributed by atoms with Crippen molar-refractivity contribution in [1.82, 2.24) is 9.97 Å². The molecule has 0 radical (unpaired) electrons. The third-order valence-corrected chi connectivity index (χ3v) is 3.74. The molecule has 0 aliphatic carbocycles. The smallest absolute Gasteiger partial charge is 0.222 e. The number of aromatic nitrogens is 2. The fraction of sp³-hybridized carbons (Fsp3) is 0.400. The SMILES string of the molecule is CC/C=C(\OC)c1nc(N)nc(N(N)Cc2ccc(N)c(C)c2)c1N.CCC. The summed E-state index contributed by atoms with van der Waals surface area (Å²) >= 11 is 0. The molecule has 0 atom stereocenters. The largest absolute Gasteiger partial charge is 0.495 e. The van der Waals surface area contributed by atoms with Gasteiger partial charge < -0.3 is 21.9 Å². The van der Waals surface area contributed by atoms with Crippen LogP contribution < -0.4 is 28.1 Å². The Balaban J connectivity index is 0.00000122. The Morgan fingerprint density at radius 2 is 1.79 bits per heavy atom. The maximum absolute atomic E-state index is 6.22. The van der Waals surface area contributed by atoms with Gasteiger partial charge in [0.25, 0.3) is 0 Å². The van der Waals surface area contributed by atoms with E-state index in [0.717, 1.165) is 23.2 Å². The number of hydrogen-bond acceptors (Lipinski definition) is 8. The van der Waals surface area contributed by atoms with Gasteiger partial charge >= 0.3 is 0 Å². The van der Waals surface area contributed by atoms with Crippen LogP contribution in [0.25, 0.3) is 5.76 Å². The number of rotatable bonds is 6. The molecule has 1 aromatic carbocycles. The van der Waals surface area contributed by atoms with Gasteiger partial charge in [-0.3, -0.25) is 5.01 Å². The highest BCUT2D eigenvalue weighted by Gasteiger charge is 2.18. The van der Waals surface area contributed by atoms with Gasteiger partial charge in [0, 0.05) is 5.69 Å². The quantitative estimate of drug-likeness (QED) is 0.256. The second-order valence-electron chi connectivity index (χ2n) is 6.37. The number of benzene rings is 1. The van der Waals surface area contributed by atoms with Crippen molar-refractivity contribution in [3.8, 4) is 0 Å². The predicted octanol–water partition coefficient (Wildman–Crippen LogP) is 3.23. The zero-order valence-corrected chi connectivity index (χ0v) is 17.5. The average molecular weight is 388 g/mol. The van der Waals surface area contributed by atoms with Crippen LogP contribution in [0.15, 0.2) is 24.3 Å². The zero-order valence-electron chi connectivity index (χ0n) is 17.5. The molecule has 0 aliphatic rings. The molecule has 1 aromatic heterocycles. The highest BCUT2D eigenvalue weighted by atomic mass is 16.5. The number of nitrogen functional groups attached to an aromatic ring is 3. The van der Waals surface area contributed by atoms with Crippen LogP contribution >= 0.6 is 0 Å². The Morgan fingerprint density at radius 1 is 1.14 bits per heavy atom. The first kappa shape index (κ1) is 23.0. The minimum atomic E-state index is 0.0715. The second-order valence-corrected chi connectivity index (χ2v) is 6.37. The summed E-state index contributed by atoms with van der Waals surface area (Å²) in [7, 11) is 1.55. The number of nitrogens with two attached hydrogens (primary N) is 4. The van der Waals surface area contributed by atoms with Gasteiger partial charge in [-0.25, -0.2) is 10.8 Å². The number of anilines is 4. The molecule has 154 valence electrons. The summed E-state index contributed by atoms with van der Waals surface area (Å²) in [4.78, 5) is 8.37. The molecule has 0 saturated heterocycles. The lowest BCUT2D eigenvalue weighted by Crippen LogP contribution is -2.32. The van der Waals surface area contributed by atoms with Gasteiger partial charge in [-0.15, -0.1) is 0 Å². The first-order chi connectivity index (χ1) is 13.3. The lowest BCUT2D eigenvalue weighted by Gasteiger charge is -2.21. The van der Waals surface area contributed by atoms with Crippen LogP contribution in [0, 0.1) is 6.92 Å². The maximum Gasteiger partial charge on any atom is 0.222 e. The number of hydrogen-bond donors (Lipinski definition) is 4. The number of aryl methyl sites for hydroxylation is 1. The van der Waals surface area contributed by atoms with E-state index in [4.69, 9.17) is 27.8 Å². The van der Waals surface area contributed by atoms with Crippen LogP contribution in [-0.2, 0) is 11.3 Å². The van der Waals surface area contributed by atoms with Gasteiger partial charge in [-0.05, 0) is 36.6 Å². The van der Waals surface area contributed by atoms with E-state index in [1.165, 1.54) is 11.4 Å². The number of ether oxygens (including phenoxy) is 1. The molecule has 1 heterocycles. The Hall–Kier alpha value is -3.00. The lowest BCUT2D eigenvalue weighted by atomic mass is 10.1.